The van der Waals surface area contributed by atoms with Crippen molar-refractivity contribution in [1.29, 1.82) is 0 Å². The maximum atomic E-state index is 13.6. The molecule has 3 aromatic carbocycles. The molecule has 0 atom stereocenters. The lowest BCUT2D eigenvalue weighted by molar-refractivity contribution is -0.139. The van der Waals surface area contributed by atoms with Crippen molar-refractivity contribution in [3.05, 3.63) is 89.5 Å². The lowest BCUT2D eigenvalue weighted by Crippen LogP contribution is -2.28. The average Bonchev–Trinajstić information content (AvgIpc) is 2.83. The third-order valence-electron chi connectivity index (χ3n) is 4.99. The largest absolute Gasteiger partial charge is 0.465 e. The van der Waals surface area contributed by atoms with Crippen molar-refractivity contribution in [3.63, 3.8) is 0 Å². The highest BCUT2D eigenvalue weighted by atomic mass is 32.2. The Morgan fingerprint density at radius 1 is 0.886 bits per heavy atom. The lowest BCUT2D eigenvalue weighted by atomic mass is 10.1. The van der Waals surface area contributed by atoms with Crippen LogP contribution in [0.15, 0.2) is 87.5 Å². The molecular formula is C23H20F3NO6S2. The number of benzene rings is 3. The first kappa shape index (κ1) is 26.4. The summed E-state index contributed by atoms with van der Waals surface area (Å²) in [6.07, 6.45) is -4.94. The third-order valence-corrected chi connectivity index (χ3v) is 8.26. The van der Waals surface area contributed by atoms with Gasteiger partial charge in [-0.05, 0) is 54.4 Å². The molecule has 0 heterocycles. The zero-order valence-electron chi connectivity index (χ0n) is 18.2. The summed E-state index contributed by atoms with van der Waals surface area (Å²) in [7, 11) is -7.78. The van der Waals surface area contributed by atoms with E-state index in [0.29, 0.717) is 17.7 Å². The predicted molar refractivity (Wildman–Crippen MR) is 120 cm³/mol. The van der Waals surface area contributed by atoms with E-state index in [1.165, 1.54) is 43.5 Å². The number of rotatable bonds is 8. The number of sulfonamides is 1. The van der Waals surface area contributed by atoms with Crippen LogP contribution in [0.1, 0.15) is 21.5 Å². The van der Waals surface area contributed by atoms with Crippen molar-refractivity contribution in [2.24, 2.45) is 0 Å². The number of esters is 1. The highest BCUT2D eigenvalue weighted by molar-refractivity contribution is 7.91. The molecule has 0 radical (unpaired) electrons. The first-order chi connectivity index (χ1) is 16.4. The van der Waals surface area contributed by atoms with Gasteiger partial charge in [-0.3, -0.25) is 0 Å². The number of sulfone groups is 1. The first-order valence-corrected chi connectivity index (χ1v) is 13.0. The fourth-order valence-corrected chi connectivity index (χ4v) is 5.86. The number of hydrogen-bond acceptors (Lipinski definition) is 6. The van der Waals surface area contributed by atoms with Crippen LogP contribution in [0.25, 0.3) is 0 Å². The third kappa shape index (κ3) is 6.08. The molecule has 0 aliphatic carbocycles. The number of methoxy groups -OCH3 is 1. The van der Waals surface area contributed by atoms with Gasteiger partial charge in [0.05, 0.1) is 32.9 Å². The van der Waals surface area contributed by atoms with Gasteiger partial charge in [0.15, 0.2) is 0 Å². The summed E-state index contributed by atoms with van der Waals surface area (Å²) in [5, 5.41) is 0. The van der Waals surface area contributed by atoms with Gasteiger partial charge in [0.1, 0.15) is 0 Å². The van der Waals surface area contributed by atoms with Crippen molar-refractivity contribution >= 4 is 25.8 Å². The molecule has 0 saturated heterocycles. The molecule has 0 saturated carbocycles. The molecule has 3 aromatic rings. The zero-order valence-corrected chi connectivity index (χ0v) is 19.9. The Labute approximate surface area is 200 Å². The highest BCUT2D eigenvalue weighted by Gasteiger charge is 2.38. The van der Waals surface area contributed by atoms with Crippen LogP contribution in [0.4, 0.5) is 13.2 Å². The Bertz CT molecular complexity index is 1420. The molecule has 3 rings (SSSR count). The summed E-state index contributed by atoms with van der Waals surface area (Å²) in [5.74, 6) is -0.553. The number of halogens is 3. The molecule has 7 nitrogen and oxygen atoms in total. The topological polar surface area (TPSA) is 107 Å². The second-order valence-corrected chi connectivity index (χ2v) is 11.0. The summed E-state index contributed by atoms with van der Waals surface area (Å²) in [6, 6.07) is 14.7. The van der Waals surface area contributed by atoms with Crippen LogP contribution >= 0.6 is 0 Å². The summed E-state index contributed by atoms with van der Waals surface area (Å²) >= 11 is 0. The molecule has 0 aliphatic heterocycles. The predicted octanol–water partition coefficient (Wildman–Crippen LogP) is 3.85. The number of ether oxygens (including phenoxy) is 1. The Kier molecular flexibility index (Phi) is 7.68. The van der Waals surface area contributed by atoms with Crippen molar-refractivity contribution in [2.45, 2.75) is 27.3 Å². The van der Waals surface area contributed by atoms with E-state index < -0.39 is 47.4 Å². The molecule has 0 aliphatic rings. The monoisotopic (exact) mass is 527 g/mol. The molecule has 1 N–H and O–H groups in total. The summed E-state index contributed by atoms with van der Waals surface area (Å²) in [5.41, 5.74) is -0.598. The van der Waals surface area contributed by atoms with Gasteiger partial charge in [0, 0.05) is 6.54 Å². The van der Waals surface area contributed by atoms with Gasteiger partial charge in [0.2, 0.25) is 19.9 Å². The zero-order chi connectivity index (χ0) is 25.9. The van der Waals surface area contributed by atoms with E-state index in [4.69, 9.17) is 0 Å². The lowest BCUT2D eigenvalue weighted by Gasteiger charge is -2.16. The van der Waals surface area contributed by atoms with Crippen LogP contribution in [0.2, 0.25) is 0 Å². The van der Waals surface area contributed by atoms with Crippen LogP contribution in [0.5, 0.6) is 0 Å². The molecule has 0 fully saturated rings. The maximum absolute atomic E-state index is 13.6. The van der Waals surface area contributed by atoms with Gasteiger partial charge in [0.25, 0.3) is 0 Å². The fourth-order valence-electron chi connectivity index (χ4n) is 3.19. The van der Waals surface area contributed by atoms with Gasteiger partial charge in [-0.1, -0.05) is 30.3 Å². The van der Waals surface area contributed by atoms with E-state index in [-0.39, 0.29) is 23.4 Å². The Balaban J connectivity index is 1.89. The molecule has 35 heavy (non-hydrogen) atoms. The smallest absolute Gasteiger partial charge is 0.417 e. The molecule has 0 aromatic heterocycles. The number of carbonyl (C=O) groups excluding carboxylic acids is 1. The second-order valence-electron chi connectivity index (χ2n) is 7.31. The van der Waals surface area contributed by atoms with Crippen LogP contribution in [-0.2, 0) is 37.2 Å². The number of alkyl halides is 3. The molecule has 12 heteroatoms. The van der Waals surface area contributed by atoms with E-state index in [9.17, 15) is 34.8 Å². The van der Waals surface area contributed by atoms with Gasteiger partial charge in [-0.2, -0.15) is 13.2 Å². The molecule has 0 amide bonds. The van der Waals surface area contributed by atoms with Crippen LogP contribution in [-0.4, -0.2) is 36.5 Å². The van der Waals surface area contributed by atoms with Crippen molar-refractivity contribution in [2.75, 3.05) is 13.7 Å². The Hall–Kier alpha value is -3.22. The van der Waals surface area contributed by atoms with E-state index >= 15 is 0 Å². The molecule has 0 spiro atoms. The minimum absolute atomic E-state index is 0.101. The number of carbonyl (C=O) groups is 1. The number of nitrogens with one attached hydrogen (secondary N) is 1. The van der Waals surface area contributed by atoms with Crippen LogP contribution in [0, 0.1) is 0 Å². The van der Waals surface area contributed by atoms with Gasteiger partial charge in [-0.25, -0.2) is 26.4 Å². The van der Waals surface area contributed by atoms with E-state index in [1.54, 1.807) is 18.2 Å². The molecule has 0 unspecified atom stereocenters. The van der Waals surface area contributed by atoms with E-state index in [2.05, 4.69) is 9.46 Å². The van der Waals surface area contributed by atoms with Crippen molar-refractivity contribution < 1.29 is 39.5 Å². The Morgan fingerprint density at radius 2 is 1.51 bits per heavy atom. The normalized spacial score (nSPS) is 12.3. The average molecular weight is 528 g/mol. The minimum Gasteiger partial charge on any atom is -0.465 e. The SMILES string of the molecule is COC(=O)c1ccc(CCNS(=O)(=O)c2cc(S(=O)(=O)c3ccccc3)ccc2C(F)(F)F)cc1. The quantitative estimate of drug-likeness (QED) is 0.446. The van der Waals surface area contributed by atoms with Crippen LogP contribution < -0.4 is 4.72 Å². The van der Waals surface area contributed by atoms with Crippen LogP contribution in [0.3, 0.4) is 0 Å². The second kappa shape index (κ2) is 10.2. The van der Waals surface area contributed by atoms with Gasteiger partial charge >= 0.3 is 12.1 Å². The first-order valence-electron chi connectivity index (χ1n) is 10.0. The van der Waals surface area contributed by atoms with Crippen molar-refractivity contribution in [1.82, 2.24) is 4.72 Å². The van der Waals surface area contributed by atoms with Crippen molar-refractivity contribution in [3.8, 4) is 0 Å². The summed E-state index contributed by atoms with van der Waals surface area (Å²) in [4.78, 5) is 9.51. The standard InChI is InChI=1S/C23H20F3NO6S2/c1-33-22(28)17-9-7-16(8-10-17)13-14-27-35(31,32)21-15-19(11-12-20(21)23(24,25)26)34(29,30)18-5-3-2-4-6-18/h2-12,15,27H,13-14H2,1H3. The van der Waals surface area contributed by atoms with Gasteiger partial charge < -0.3 is 4.74 Å². The molecular weight excluding hydrogens is 507 g/mol. The fraction of sp³-hybridized carbons (Fsp3) is 0.174. The maximum Gasteiger partial charge on any atom is 0.417 e. The van der Waals surface area contributed by atoms with E-state index in [0.717, 1.165) is 6.07 Å². The number of hydrogen-bond donors (Lipinski definition) is 1. The van der Waals surface area contributed by atoms with E-state index in [1.807, 2.05) is 0 Å². The van der Waals surface area contributed by atoms with Gasteiger partial charge in [-0.15, -0.1) is 0 Å². The molecule has 186 valence electrons. The summed E-state index contributed by atoms with van der Waals surface area (Å²) in [6.45, 7) is -0.271. The summed E-state index contributed by atoms with van der Waals surface area (Å²) < 4.78 is 98.7. The Morgan fingerprint density at radius 3 is 2.09 bits per heavy atom. The minimum atomic E-state index is -5.04. The molecule has 0 bridgehead atoms. The highest BCUT2D eigenvalue weighted by Crippen LogP contribution is 2.36.